The van der Waals surface area contributed by atoms with Crippen molar-refractivity contribution in [3.05, 3.63) is 55.0 Å². The van der Waals surface area contributed by atoms with Gasteiger partial charge in [-0.2, -0.15) is 10.4 Å². The van der Waals surface area contributed by atoms with Gasteiger partial charge in [0.25, 0.3) is 0 Å². The molecule has 3 aromatic heterocycles. The monoisotopic (exact) mass is 490 g/mol. The van der Waals surface area contributed by atoms with Gasteiger partial charge in [-0.15, -0.1) is 6.58 Å². The molecule has 1 unspecified atom stereocenters. The van der Waals surface area contributed by atoms with Gasteiger partial charge >= 0.3 is 0 Å². The number of amides is 1. The first-order valence-corrected chi connectivity index (χ1v) is 11.8. The van der Waals surface area contributed by atoms with Gasteiger partial charge in [0.15, 0.2) is 0 Å². The van der Waals surface area contributed by atoms with E-state index in [0.29, 0.717) is 62.2 Å². The molecule has 36 heavy (non-hydrogen) atoms. The molecule has 1 saturated heterocycles. The predicted octanol–water partition coefficient (Wildman–Crippen LogP) is 2.80. The highest BCUT2D eigenvalue weighted by molar-refractivity contribution is 5.85. The zero-order valence-electron chi connectivity index (χ0n) is 20.5. The molecule has 1 aliphatic heterocycles. The number of fused-ring (bicyclic) bond motifs is 1. The summed E-state index contributed by atoms with van der Waals surface area (Å²) in [5.74, 6) is 0.991. The maximum Gasteiger partial charge on any atom is 0.226 e. The fourth-order valence-electron chi connectivity index (χ4n) is 3.70. The van der Waals surface area contributed by atoms with Crippen LogP contribution >= 0.6 is 0 Å². The van der Waals surface area contributed by atoms with Crippen molar-refractivity contribution in [1.82, 2.24) is 19.9 Å². The Hall–Kier alpha value is -3.94. The number of rotatable bonds is 12. The summed E-state index contributed by atoms with van der Waals surface area (Å²) < 4.78 is 18.6. The number of ether oxygens (including phenoxy) is 3. The fourth-order valence-corrected chi connectivity index (χ4v) is 3.70. The molecule has 0 bridgehead atoms. The molecule has 0 radical (unpaired) electrons. The smallest absolute Gasteiger partial charge is 0.226 e. The van der Waals surface area contributed by atoms with Crippen LogP contribution in [0.15, 0.2) is 49.4 Å². The molecular formula is C26H30N6O4. The Morgan fingerprint density at radius 2 is 2.19 bits per heavy atom. The summed E-state index contributed by atoms with van der Waals surface area (Å²) >= 11 is 0. The third-order valence-electron chi connectivity index (χ3n) is 5.90. The SMILES string of the molecule is C=CC(C)C(=O)NCCNc1ccc(-c2cc(OCCOC3(C)COC3)cn3ncc(C#N)c23)cn1. The topological polar surface area (TPSA) is 123 Å². The molecule has 4 heterocycles. The lowest BCUT2D eigenvalue weighted by Gasteiger charge is -2.37. The first-order chi connectivity index (χ1) is 17.4. The lowest BCUT2D eigenvalue weighted by atomic mass is 10.1. The lowest BCUT2D eigenvalue weighted by molar-refractivity contribution is -0.201. The van der Waals surface area contributed by atoms with Crippen LogP contribution in [-0.4, -0.2) is 65.6 Å². The third-order valence-corrected chi connectivity index (χ3v) is 5.90. The number of carbonyl (C=O) groups excluding carboxylic acids is 1. The number of aromatic nitrogens is 3. The number of anilines is 1. The standard InChI is InChI=1S/C26H30N6O4/c1-4-18(2)25(33)29-8-7-28-23-6-5-19(13-30-23)22-11-21(15-32-24(22)20(12-27)14-31-32)35-9-10-36-26(3)16-34-17-26/h4-6,11,13-15,18H,1,7-10,16-17H2,2-3H3,(H,28,30)(H,29,33). The molecule has 2 N–H and O–H groups in total. The Morgan fingerprint density at radius 1 is 1.36 bits per heavy atom. The molecule has 0 aromatic carbocycles. The molecule has 188 valence electrons. The van der Waals surface area contributed by atoms with Crippen LogP contribution in [-0.2, 0) is 14.3 Å². The predicted molar refractivity (Wildman–Crippen MR) is 135 cm³/mol. The van der Waals surface area contributed by atoms with Crippen LogP contribution in [0.1, 0.15) is 19.4 Å². The van der Waals surface area contributed by atoms with Crippen molar-refractivity contribution in [2.75, 3.05) is 44.8 Å². The summed E-state index contributed by atoms with van der Waals surface area (Å²) in [5.41, 5.74) is 2.51. The van der Waals surface area contributed by atoms with Gasteiger partial charge in [0, 0.05) is 30.4 Å². The van der Waals surface area contributed by atoms with Crippen molar-refractivity contribution in [2.24, 2.45) is 5.92 Å². The number of nitrogens with zero attached hydrogens (tertiary/aromatic N) is 4. The molecular weight excluding hydrogens is 460 g/mol. The Kier molecular flexibility index (Phi) is 7.83. The van der Waals surface area contributed by atoms with Gasteiger partial charge in [0.1, 0.15) is 29.8 Å². The van der Waals surface area contributed by atoms with E-state index in [2.05, 4.69) is 33.4 Å². The molecule has 0 aliphatic carbocycles. The second-order valence-corrected chi connectivity index (χ2v) is 8.87. The van der Waals surface area contributed by atoms with Crippen molar-refractivity contribution in [3.8, 4) is 22.9 Å². The maximum atomic E-state index is 11.8. The largest absolute Gasteiger partial charge is 0.490 e. The minimum atomic E-state index is -0.237. The normalized spacial score (nSPS) is 14.9. The van der Waals surface area contributed by atoms with Crippen molar-refractivity contribution in [1.29, 1.82) is 5.26 Å². The summed E-state index contributed by atoms with van der Waals surface area (Å²) in [4.78, 5) is 16.3. The van der Waals surface area contributed by atoms with Crippen LogP contribution in [0.2, 0.25) is 0 Å². The van der Waals surface area contributed by atoms with E-state index in [9.17, 15) is 10.1 Å². The molecule has 3 aromatic rings. The van der Waals surface area contributed by atoms with Gasteiger partial charge in [-0.05, 0) is 25.1 Å². The Labute approximate surface area is 209 Å². The molecule has 10 heteroatoms. The zero-order chi connectivity index (χ0) is 25.5. The van der Waals surface area contributed by atoms with Gasteiger partial charge in [-0.3, -0.25) is 4.79 Å². The van der Waals surface area contributed by atoms with E-state index in [4.69, 9.17) is 14.2 Å². The number of hydrogen-bond donors (Lipinski definition) is 2. The highest BCUT2D eigenvalue weighted by Crippen LogP contribution is 2.31. The van der Waals surface area contributed by atoms with Gasteiger partial charge in [-0.25, -0.2) is 9.50 Å². The van der Waals surface area contributed by atoms with Crippen molar-refractivity contribution in [2.45, 2.75) is 19.4 Å². The lowest BCUT2D eigenvalue weighted by Crippen LogP contribution is -2.49. The molecule has 1 atom stereocenters. The molecule has 1 amide bonds. The summed E-state index contributed by atoms with van der Waals surface area (Å²) in [7, 11) is 0. The van der Waals surface area contributed by atoms with Crippen LogP contribution in [0.25, 0.3) is 16.6 Å². The Balaban J connectivity index is 1.43. The van der Waals surface area contributed by atoms with Crippen molar-refractivity contribution < 1.29 is 19.0 Å². The molecule has 1 fully saturated rings. The molecule has 4 rings (SSSR count). The minimum Gasteiger partial charge on any atom is -0.490 e. The summed E-state index contributed by atoms with van der Waals surface area (Å²) in [5, 5.41) is 19.9. The minimum absolute atomic E-state index is 0.0619. The highest BCUT2D eigenvalue weighted by atomic mass is 16.6. The number of carbonyl (C=O) groups is 1. The van der Waals surface area contributed by atoms with Crippen LogP contribution < -0.4 is 15.4 Å². The zero-order valence-corrected chi connectivity index (χ0v) is 20.5. The molecule has 10 nitrogen and oxygen atoms in total. The van der Waals surface area contributed by atoms with E-state index >= 15 is 0 Å². The van der Waals surface area contributed by atoms with E-state index in [0.717, 1.165) is 11.1 Å². The van der Waals surface area contributed by atoms with E-state index < -0.39 is 0 Å². The van der Waals surface area contributed by atoms with Crippen LogP contribution in [0.5, 0.6) is 5.75 Å². The number of hydrogen-bond acceptors (Lipinski definition) is 8. The number of pyridine rings is 2. The Bertz CT molecular complexity index is 1260. The highest BCUT2D eigenvalue weighted by Gasteiger charge is 2.34. The van der Waals surface area contributed by atoms with Gasteiger partial charge in [-0.1, -0.05) is 13.0 Å². The van der Waals surface area contributed by atoms with E-state index in [1.165, 1.54) is 6.20 Å². The summed E-state index contributed by atoms with van der Waals surface area (Å²) in [6.45, 7) is 10.4. The fraction of sp³-hybridized carbons (Fsp3) is 0.385. The average molecular weight is 491 g/mol. The third kappa shape index (κ3) is 5.82. The van der Waals surface area contributed by atoms with Gasteiger partial charge in [0.05, 0.1) is 49.2 Å². The van der Waals surface area contributed by atoms with Gasteiger partial charge < -0.3 is 24.8 Å². The van der Waals surface area contributed by atoms with Crippen molar-refractivity contribution in [3.63, 3.8) is 0 Å². The first-order valence-electron chi connectivity index (χ1n) is 11.8. The summed E-state index contributed by atoms with van der Waals surface area (Å²) in [6, 6.07) is 7.85. The quantitative estimate of drug-likeness (QED) is 0.294. The van der Waals surface area contributed by atoms with Gasteiger partial charge in [0.2, 0.25) is 5.91 Å². The molecule has 1 aliphatic rings. The first kappa shape index (κ1) is 25.2. The maximum absolute atomic E-state index is 11.8. The van der Waals surface area contributed by atoms with Crippen LogP contribution in [0.4, 0.5) is 5.82 Å². The number of nitrogens with one attached hydrogen (secondary N) is 2. The average Bonchev–Trinajstić information content (AvgIpc) is 3.30. The van der Waals surface area contributed by atoms with Crippen molar-refractivity contribution >= 4 is 17.2 Å². The number of nitriles is 1. The molecule has 0 spiro atoms. The summed E-state index contributed by atoms with van der Waals surface area (Å²) in [6.07, 6.45) is 6.62. The van der Waals surface area contributed by atoms with E-state index in [1.54, 1.807) is 29.9 Å². The Morgan fingerprint density at radius 3 is 2.86 bits per heavy atom. The van der Waals surface area contributed by atoms with Crippen LogP contribution in [0, 0.1) is 17.2 Å². The van der Waals surface area contributed by atoms with Crippen LogP contribution in [0.3, 0.4) is 0 Å². The van der Waals surface area contributed by atoms with E-state index in [1.807, 2.05) is 25.1 Å². The molecule has 0 saturated carbocycles. The second-order valence-electron chi connectivity index (χ2n) is 8.87. The van der Waals surface area contributed by atoms with E-state index in [-0.39, 0.29) is 17.4 Å². The second kappa shape index (κ2) is 11.2.